The number of nitrogens with one attached hydrogen (secondary N) is 1. The minimum Gasteiger partial charge on any atom is -0.307 e. The monoisotopic (exact) mass is 315 g/mol. The third kappa shape index (κ3) is 2.72. The lowest BCUT2D eigenvalue weighted by atomic mass is 9.75. The zero-order valence-corrected chi connectivity index (χ0v) is 11.4. The van der Waals surface area contributed by atoms with Gasteiger partial charge in [-0.25, -0.2) is 0 Å². The third-order valence-corrected chi connectivity index (χ3v) is 4.29. The Morgan fingerprint density at radius 1 is 1.27 bits per heavy atom. The molecule has 0 heterocycles. The van der Waals surface area contributed by atoms with E-state index in [-0.39, 0.29) is 0 Å². The van der Waals surface area contributed by atoms with Gasteiger partial charge < -0.3 is 5.32 Å². The van der Waals surface area contributed by atoms with Gasteiger partial charge in [0, 0.05) is 15.7 Å². The van der Waals surface area contributed by atoms with E-state index in [1.807, 2.05) is 0 Å². The molecule has 0 radical (unpaired) electrons. The number of rotatable bonds is 4. The summed E-state index contributed by atoms with van der Waals surface area (Å²) in [4.78, 5) is 0. The topological polar surface area (TPSA) is 12.0 Å². The van der Waals surface area contributed by atoms with Gasteiger partial charge in [0.15, 0.2) is 0 Å². The molecule has 0 aromatic heterocycles. The Bertz CT molecular complexity index is 308. The predicted molar refractivity (Wildman–Crippen MR) is 72.9 cm³/mol. The van der Waals surface area contributed by atoms with Crippen molar-refractivity contribution in [2.24, 2.45) is 0 Å². The lowest BCUT2D eigenvalue weighted by Crippen LogP contribution is -2.49. The number of halogens is 1. The van der Waals surface area contributed by atoms with E-state index in [9.17, 15) is 0 Å². The summed E-state index contributed by atoms with van der Waals surface area (Å²) in [5, 5.41) is 3.72. The Morgan fingerprint density at radius 3 is 2.40 bits per heavy atom. The van der Waals surface area contributed by atoms with Crippen molar-refractivity contribution < 1.29 is 0 Å². The molecule has 1 aliphatic rings. The van der Waals surface area contributed by atoms with Crippen molar-refractivity contribution in [3.05, 3.63) is 33.4 Å². The SMILES string of the molecule is CCC1(NCc2ccc(I)cc2)CCC1. The average Bonchev–Trinajstić information content (AvgIpc) is 2.20. The molecule has 0 spiro atoms. The van der Waals surface area contributed by atoms with E-state index < -0.39 is 0 Å². The lowest BCUT2D eigenvalue weighted by molar-refractivity contribution is 0.175. The molecular weight excluding hydrogens is 297 g/mol. The van der Waals surface area contributed by atoms with Gasteiger partial charge in [0.1, 0.15) is 0 Å². The first-order valence-corrected chi connectivity index (χ1v) is 6.81. The Labute approximate surface area is 106 Å². The van der Waals surface area contributed by atoms with E-state index >= 15 is 0 Å². The van der Waals surface area contributed by atoms with Gasteiger partial charge in [-0.2, -0.15) is 0 Å². The van der Waals surface area contributed by atoms with Crippen LogP contribution in [0.5, 0.6) is 0 Å². The fourth-order valence-corrected chi connectivity index (χ4v) is 2.51. The van der Waals surface area contributed by atoms with Crippen LogP contribution in [-0.2, 0) is 6.54 Å². The van der Waals surface area contributed by atoms with Crippen molar-refractivity contribution in [2.75, 3.05) is 0 Å². The summed E-state index contributed by atoms with van der Waals surface area (Å²) >= 11 is 2.35. The van der Waals surface area contributed by atoms with Crippen LogP contribution in [0.3, 0.4) is 0 Å². The zero-order valence-electron chi connectivity index (χ0n) is 9.22. The largest absolute Gasteiger partial charge is 0.307 e. The summed E-state index contributed by atoms with van der Waals surface area (Å²) in [5.74, 6) is 0. The first kappa shape index (κ1) is 11.4. The second-order valence-corrected chi connectivity index (χ2v) is 5.71. The molecule has 0 unspecified atom stereocenters. The molecule has 82 valence electrons. The standard InChI is InChI=1S/C13H18IN/c1-2-13(8-3-9-13)15-10-11-4-6-12(14)7-5-11/h4-7,15H,2-3,8-10H2,1H3. The van der Waals surface area contributed by atoms with Crippen molar-refractivity contribution in [3.8, 4) is 0 Å². The van der Waals surface area contributed by atoms with Crippen LogP contribution in [0.2, 0.25) is 0 Å². The maximum absolute atomic E-state index is 3.72. The molecule has 1 saturated carbocycles. The van der Waals surface area contributed by atoms with Crippen LogP contribution in [-0.4, -0.2) is 5.54 Å². The minimum atomic E-state index is 0.461. The average molecular weight is 315 g/mol. The van der Waals surface area contributed by atoms with Crippen LogP contribution in [0.4, 0.5) is 0 Å². The molecule has 0 aliphatic heterocycles. The first-order chi connectivity index (χ1) is 7.24. The van der Waals surface area contributed by atoms with E-state index in [1.54, 1.807) is 0 Å². The van der Waals surface area contributed by atoms with Crippen molar-refractivity contribution in [3.63, 3.8) is 0 Å². The highest BCUT2D eigenvalue weighted by molar-refractivity contribution is 14.1. The summed E-state index contributed by atoms with van der Waals surface area (Å²) in [6, 6.07) is 8.79. The highest BCUT2D eigenvalue weighted by Crippen LogP contribution is 2.34. The van der Waals surface area contributed by atoms with Crippen LogP contribution >= 0.6 is 22.6 Å². The molecular formula is C13H18IN. The van der Waals surface area contributed by atoms with Gasteiger partial charge in [0.05, 0.1) is 0 Å². The Morgan fingerprint density at radius 2 is 1.93 bits per heavy atom. The van der Waals surface area contributed by atoms with E-state index in [0.29, 0.717) is 5.54 Å². The molecule has 15 heavy (non-hydrogen) atoms. The molecule has 1 aromatic rings. The molecule has 0 amide bonds. The van der Waals surface area contributed by atoms with Gasteiger partial charge in [-0.1, -0.05) is 19.1 Å². The Balaban J connectivity index is 1.90. The van der Waals surface area contributed by atoms with Crippen LogP contribution < -0.4 is 5.32 Å². The summed E-state index contributed by atoms with van der Waals surface area (Å²) in [7, 11) is 0. The summed E-state index contributed by atoms with van der Waals surface area (Å²) in [5.41, 5.74) is 1.86. The molecule has 0 saturated heterocycles. The normalized spacial score (nSPS) is 18.5. The molecule has 1 aliphatic carbocycles. The number of hydrogen-bond donors (Lipinski definition) is 1. The zero-order chi connectivity index (χ0) is 10.7. The smallest absolute Gasteiger partial charge is 0.0210 e. The van der Waals surface area contributed by atoms with Crippen molar-refractivity contribution in [1.29, 1.82) is 0 Å². The lowest BCUT2D eigenvalue weighted by Gasteiger charge is -2.42. The van der Waals surface area contributed by atoms with Gasteiger partial charge in [-0.3, -0.25) is 0 Å². The van der Waals surface area contributed by atoms with E-state index in [0.717, 1.165) is 6.54 Å². The molecule has 1 fully saturated rings. The highest BCUT2D eigenvalue weighted by atomic mass is 127. The third-order valence-electron chi connectivity index (χ3n) is 3.57. The molecule has 1 N–H and O–H groups in total. The highest BCUT2D eigenvalue weighted by Gasteiger charge is 2.33. The van der Waals surface area contributed by atoms with Gasteiger partial charge in [0.2, 0.25) is 0 Å². The van der Waals surface area contributed by atoms with Gasteiger partial charge in [0.25, 0.3) is 0 Å². The number of benzene rings is 1. The summed E-state index contributed by atoms with van der Waals surface area (Å²) < 4.78 is 1.31. The number of hydrogen-bond acceptors (Lipinski definition) is 1. The molecule has 2 heteroatoms. The molecule has 0 atom stereocenters. The summed E-state index contributed by atoms with van der Waals surface area (Å²) in [6.07, 6.45) is 5.37. The maximum atomic E-state index is 3.72. The second kappa shape index (κ2) is 4.83. The first-order valence-electron chi connectivity index (χ1n) is 5.74. The maximum Gasteiger partial charge on any atom is 0.0210 e. The Kier molecular flexibility index (Phi) is 3.67. The van der Waals surface area contributed by atoms with Crippen LogP contribution in [0.25, 0.3) is 0 Å². The molecule has 2 rings (SSSR count). The fourth-order valence-electron chi connectivity index (χ4n) is 2.15. The van der Waals surface area contributed by atoms with E-state index in [2.05, 4.69) is 59.1 Å². The van der Waals surface area contributed by atoms with Gasteiger partial charge in [-0.15, -0.1) is 0 Å². The molecule has 1 aromatic carbocycles. The fraction of sp³-hybridized carbons (Fsp3) is 0.538. The second-order valence-electron chi connectivity index (χ2n) is 4.47. The molecule has 1 nitrogen and oxygen atoms in total. The van der Waals surface area contributed by atoms with Gasteiger partial charge in [-0.05, 0) is 66.0 Å². The van der Waals surface area contributed by atoms with Crippen molar-refractivity contribution in [1.82, 2.24) is 5.32 Å². The molecule has 0 bridgehead atoms. The minimum absolute atomic E-state index is 0.461. The Hall–Kier alpha value is -0.0900. The van der Waals surface area contributed by atoms with Crippen LogP contribution in [0, 0.1) is 3.57 Å². The predicted octanol–water partition coefficient (Wildman–Crippen LogP) is 3.71. The van der Waals surface area contributed by atoms with E-state index in [1.165, 1.54) is 34.8 Å². The van der Waals surface area contributed by atoms with Crippen molar-refractivity contribution >= 4 is 22.6 Å². The van der Waals surface area contributed by atoms with Crippen molar-refractivity contribution in [2.45, 2.75) is 44.7 Å². The van der Waals surface area contributed by atoms with Crippen LogP contribution in [0.15, 0.2) is 24.3 Å². The van der Waals surface area contributed by atoms with Crippen LogP contribution in [0.1, 0.15) is 38.2 Å². The van der Waals surface area contributed by atoms with E-state index in [4.69, 9.17) is 0 Å². The summed E-state index contributed by atoms with van der Waals surface area (Å²) in [6.45, 7) is 3.31. The van der Waals surface area contributed by atoms with Gasteiger partial charge >= 0.3 is 0 Å². The quantitative estimate of drug-likeness (QED) is 0.835.